The first-order valence-corrected chi connectivity index (χ1v) is 13.1. The van der Waals surface area contributed by atoms with E-state index in [0.717, 1.165) is 0 Å². The predicted molar refractivity (Wildman–Crippen MR) is 120 cm³/mol. The zero-order valence-electron chi connectivity index (χ0n) is 19.7. The van der Waals surface area contributed by atoms with Crippen LogP contribution in [-0.2, 0) is 0 Å². The fourth-order valence-corrected chi connectivity index (χ4v) is 10.9. The van der Waals surface area contributed by atoms with Crippen LogP contribution in [-0.4, -0.2) is 8.32 Å². The molecular formula is C25H21F8OSi. The molecule has 0 heterocycles. The summed E-state index contributed by atoms with van der Waals surface area (Å²) in [6.45, 7) is 10.7. The van der Waals surface area contributed by atoms with E-state index in [-0.39, 0.29) is 16.6 Å². The summed E-state index contributed by atoms with van der Waals surface area (Å²) in [5.74, 6) is -16.0. The van der Waals surface area contributed by atoms with E-state index in [0.29, 0.717) is 0 Å². The van der Waals surface area contributed by atoms with Gasteiger partial charge in [0.1, 0.15) is 11.6 Å². The number of hydrogen-bond acceptors (Lipinski definition) is 1. The van der Waals surface area contributed by atoms with Crippen molar-refractivity contribution in [1.82, 2.24) is 0 Å². The Morgan fingerprint density at radius 1 is 0.486 bits per heavy atom. The SMILES string of the molecule is CC(C)[Si](Oc1c(F)c2c(F)c(F)c3c(F)[c]c(F)c4c(F)c(F)c(c1F)c2c34)(C(C)C)C(C)C. The monoisotopic (exact) mass is 517 g/mol. The van der Waals surface area contributed by atoms with Crippen molar-refractivity contribution in [2.45, 2.75) is 58.2 Å². The highest BCUT2D eigenvalue weighted by molar-refractivity contribution is 6.78. The fraction of sp³-hybridized carbons (Fsp3) is 0.360. The quantitative estimate of drug-likeness (QED) is 0.146. The lowest BCUT2D eigenvalue weighted by atomic mass is 9.91. The van der Waals surface area contributed by atoms with Gasteiger partial charge >= 0.3 is 0 Å². The van der Waals surface area contributed by atoms with E-state index in [1.807, 2.05) is 0 Å². The molecule has 1 radical (unpaired) electrons. The third kappa shape index (κ3) is 3.17. The highest BCUT2D eigenvalue weighted by atomic mass is 28.4. The number of halogens is 8. The molecule has 4 aromatic carbocycles. The summed E-state index contributed by atoms with van der Waals surface area (Å²) < 4.78 is 127. The third-order valence-electron chi connectivity index (χ3n) is 7.00. The molecule has 0 unspecified atom stereocenters. The van der Waals surface area contributed by atoms with E-state index in [9.17, 15) is 17.6 Å². The van der Waals surface area contributed by atoms with E-state index in [4.69, 9.17) is 4.43 Å². The second-order valence-electron chi connectivity index (χ2n) is 9.64. The summed E-state index contributed by atoms with van der Waals surface area (Å²) in [6, 6.07) is 1.37. The molecule has 0 amide bonds. The molecule has 0 bridgehead atoms. The van der Waals surface area contributed by atoms with E-state index < -0.39 is 92.9 Å². The zero-order valence-corrected chi connectivity index (χ0v) is 20.7. The zero-order chi connectivity index (χ0) is 26.3. The van der Waals surface area contributed by atoms with Crippen LogP contribution in [0.4, 0.5) is 35.1 Å². The molecule has 0 spiro atoms. The molecule has 0 aliphatic rings. The Labute approximate surface area is 197 Å². The smallest absolute Gasteiger partial charge is 0.259 e. The standard InChI is InChI=1S/C25H21F8OSi/c1-8(2)35(9(3)4,10(5)6)34-25-23(32)17-16-15-13(19(28)21(17)30)11(26)7-12(27)14(15)20(29)22(31)18(16)24(25)33/h8-10H,1-6H3. The van der Waals surface area contributed by atoms with E-state index in [1.54, 1.807) is 41.5 Å². The summed E-state index contributed by atoms with van der Waals surface area (Å²) in [5.41, 5.74) is -0.683. The predicted octanol–water partition coefficient (Wildman–Crippen LogP) is 9.05. The van der Waals surface area contributed by atoms with Gasteiger partial charge < -0.3 is 4.43 Å². The average Bonchev–Trinajstić information content (AvgIpc) is 2.74. The largest absolute Gasteiger partial charge is 0.539 e. The molecule has 1 nitrogen and oxygen atoms in total. The van der Waals surface area contributed by atoms with Crippen molar-refractivity contribution < 1.29 is 39.5 Å². The Kier molecular flexibility index (Phi) is 5.98. The molecule has 0 saturated carbocycles. The van der Waals surface area contributed by atoms with Gasteiger partial charge in [-0.2, -0.15) is 0 Å². The van der Waals surface area contributed by atoms with Crippen molar-refractivity contribution in [3.8, 4) is 5.75 Å². The van der Waals surface area contributed by atoms with Crippen molar-refractivity contribution in [3.63, 3.8) is 0 Å². The van der Waals surface area contributed by atoms with Crippen LogP contribution in [0.3, 0.4) is 0 Å². The molecule has 187 valence electrons. The first-order chi connectivity index (χ1) is 16.2. The third-order valence-corrected chi connectivity index (χ3v) is 13.0. The van der Waals surface area contributed by atoms with Crippen molar-refractivity contribution in [3.05, 3.63) is 52.6 Å². The van der Waals surface area contributed by atoms with Gasteiger partial charge in [-0.1, -0.05) is 41.5 Å². The molecule has 0 aliphatic carbocycles. The maximum absolute atomic E-state index is 15.8. The Morgan fingerprint density at radius 3 is 1.14 bits per heavy atom. The molecule has 10 heteroatoms. The lowest BCUT2D eigenvalue weighted by molar-refractivity contribution is 0.417. The van der Waals surface area contributed by atoms with Gasteiger partial charge in [0.15, 0.2) is 40.7 Å². The van der Waals surface area contributed by atoms with Crippen LogP contribution >= 0.6 is 0 Å². The highest BCUT2D eigenvalue weighted by Crippen LogP contribution is 2.49. The molecular weight excluding hydrogens is 496 g/mol. The Morgan fingerprint density at radius 2 is 0.800 bits per heavy atom. The molecule has 0 aromatic heterocycles. The van der Waals surface area contributed by atoms with Crippen molar-refractivity contribution >= 4 is 40.6 Å². The molecule has 0 fully saturated rings. The number of hydrogen-bond donors (Lipinski definition) is 0. The first-order valence-electron chi connectivity index (χ1n) is 11.0. The van der Waals surface area contributed by atoms with Crippen LogP contribution in [0.15, 0.2) is 0 Å². The van der Waals surface area contributed by atoms with Crippen LogP contribution in [0.1, 0.15) is 41.5 Å². The summed E-state index contributed by atoms with van der Waals surface area (Å²) >= 11 is 0. The highest BCUT2D eigenvalue weighted by Gasteiger charge is 2.48. The van der Waals surface area contributed by atoms with Gasteiger partial charge in [0, 0.05) is 10.8 Å². The van der Waals surface area contributed by atoms with Gasteiger partial charge in [0.25, 0.3) is 8.32 Å². The van der Waals surface area contributed by atoms with Crippen LogP contribution < -0.4 is 4.43 Å². The molecule has 4 rings (SSSR count). The second kappa shape index (κ2) is 8.21. The van der Waals surface area contributed by atoms with Gasteiger partial charge in [-0.15, -0.1) is 0 Å². The van der Waals surface area contributed by atoms with Gasteiger partial charge in [0.05, 0.1) is 27.6 Å². The van der Waals surface area contributed by atoms with Crippen molar-refractivity contribution in [2.24, 2.45) is 0 Å². The van der Waals surface area contributed by atoms with Gasteiger partial charge in [-0.3, -0.25) is 0 Å². The van der Waals surface area contributed by atoms with E-state index in [1.165, 1.54) is 6.07 Å². The minimum Gasteiger partial charge on any atom is -0.539 e. The maximum atomic E-state index is 15.8. The Bertz CT molecular complexity index is 1390. The Hall–Kier alpha value is -2.62. The van der Waals surface area contributed by atoms with E-state index in [2.05, 4.69) is 0 Å². The van der Waals surface area contributed by atoms with Gasteiger partial charge in [-0.25, -0.2) is 35.1 Å². The molecule has 4 aromatic rings. The Balaban J connectivity index is 2.29. The van der Waals surface area contributed by atoms with Crippen LogP contribution in [0.5, 0.6) is 5.75 Å². The number of rotatable bonds is 5. The van der Waals surface area contributed by atoms with Crippen LogP contribution in [0.25, 0.3) is 32.3 Å². The fourth-order valence-electron chi connectivity index (χ4n) is 5.62. The van der Waals surface area contributed by atoms with Crippen molar-refractivity contribution in [2.75, 3.05) is 0 Å². The average molecular weight is 518 g/mol. The van der Waals surface area contributed by atoms with Gasteiger partial charge in [-0.05, 0) is 16.6 Å². The minimum atomic E-state index is -3.13. The van der Waals surface area contributed by atoms with Crippen molar-refractivity contribution in [1.29, 1.82) is 0 Å². The molecule has 0 aliphatic heterocycles. The summed E-state index contributed by atoms with van der Waals surface area (Å²) in [6.07, 6.45) is 0. The first kappa shape index (κ1) is 25.5. The number of benzene rings is 4. The normalized spacial score (nSPS) is 13.1. The maximum Gasteiger partial charge on any atom is 0.259 e. The summed E-state index contributed by atoms with van der Waals surface area (Å²) in [4.78, 5) is 0. The summed E-state index contributed by atoms with van der Waals surface area (Å²) in [5, 5.41) is -7.20. The van der Waals surface area contributed by atoms with Gasteiger partial charge in [0.2, 0.25) is 0 Å². The lowest BCUT2D eigenvalue weighted by Gasteiger charge is -2.42. The minimum absolute atomic E-state index is 0.228. The summed E-state index contributed by atoms with van der Waals surface area (Å²) in [7, 11) is -3.13. The van der Waals surface area contributed by atoms with Crippen LogP contribution in [0.2, 0.25) is 16.6 Å². The molecule has 0 atom stereocenters. The van der Waals surface area contributed by atoms with E-state index >= 15 is 17.6 Å². The topological polar surface area (TPSA) is 9.23 Å². The van der Waals surface area contributed by atoms with Crippen LogP contribution in [0, 0.1) is 52.6 Å². The molecule has 0 saturated heterocycles. The molecule has 35 heavy (non-hydrogen) atoms. The lowest BCUT2D eigenvalue weighted by Crippen LogP contribution is -2.51. The second-order valence-corrected chi connectivity index (χ2v) is 15.0. The molecule has 0 N–H and O–H groups in total.